The minimum absolute atomic E-state index is 0. The molecule has 5 heteroatoms. The number of ether oxygens (including phenoxy) is 1. The van der Waals surface area contributed by atoms with Crippen molar-refractivity contribution >= 4 is 18.3 Å². The fourth-order valence-corrected chi connectivity index (χ4v) is 1.25. The molecule has 4 nitrogen and oxygen atoms in total. The molecule has 0 atom stereocenters. The second kappa shape index (κ2) is 9.87. The summed E-state index contributed by atoms with van der Waals surface area (Å²) >= 11 is 0. The summed E-state index contributed by atoms with van der Waals surface area (Å²) in [6.45, 7) is 5.93. The molecule has 0 saturated heterocycles. The number of hydrogen-bond acceptors (Lipinski definition) is 3. The molecule has 0 aromatic rings. The van der Waals surface area contributed by atoms with Gasteiger partial charge < -0.3 is 15.4 Å². The summed E-state index contributed by atoms with van der Waals surface area (Å²) in [5.74, 6) is 0.866. The normalized spacial score (nSPS) is 14.3. The first-order chi connectivity index (χ1) is 7.33. The molecule has 96 valence electrons. The van der Waals surface area contributed by atoms with E-state index < -0.39 is 0 Å². The van der Waals surface area contributed by atoms with E-state index in [-0.39, 0.29) is 18.3 Å². The van der Waals surface area contributed by atoms with Gasteiger partial charge in [0.1, 0.15) is 0 Å². The zero-order valence-corrected chi connectivity index (χ0v) is 10.8. The molecular formula is C11H23ClN2O2. The molecule has 0 aliphatic heterocycles. The Morgan fingerprint density at radius 1 is 1.38 bits per heavy atom. The smallest absolute Gasteiger partial charge is 0.222 e. The van der Waals surface area contributed by atoms with Gasteiger partial charge in [0.2, 0.25) is 5.91 Å². The van der Waals surface area contributed by atoms with E-state index in [0.29, 0.717) is 19.6 Å². The third kappa shape index (κ3) is 8.95. The van der Waals surface area contributed by atoms with E-state index >= 15 is 0 Å². The van der Waals surface area contributed by atoms with E-state index in [1.165, 1.54) is 12.8 Å². The number of rotatable bonds is 9. The van der Waals surface area contributed by atoms with Crippen molar-refractivity contribution in [3.63, 3.8) is 0 Å². The lowest BCUT2D eigenvalue weighted by Gasteiger charge is -2.05. The number of likely N-dealkylation sites (N-methyl/N-ethyl adjacent to an activating group) is 1. The molecule has 1 aliphatic carbocycles. The second-order valence-corrected chi connectivity index (χ2v) is 3.97. The van der Waals surface area contributed by atoms with Gasteiger partial charge in [-0.3, -0.25) is 4.79 Å². The van der Waals surface area contributed by atoms with Crippen LogP contribution in [-0.4, -0.2) is 38.8 Å². The van der Waals surface area contributed by atoms with Crippen molar-refractivity contribution in [2.45, 2.75) is 26.2 Å². The van der Waals surface area contributed by atoms with E-state index in [1.807, 2.05) is 6.92 Å². The van der Waals surface area contributed by atoms with Crippen LogP contribution in [-0.2, 0) is 9.53 Å². The Hall–Kier alpha value is -0.320. The van der Waals surface area contributed by atoms with Gasteiger partial charge in [-0.2, -0.15) is 0 Å². The van der Waals surface area contributed by atoms with Gasteiger partial charge in [0.25, 0.3) is 0 Å². The number of carbonyl (C=O) groups excluding carboxylic acids is 1. The SMILES string of the molecule is CCNCCNC(=O)CCOCC1CC1.Cl. The third-order valence-electron chi connectivity index (χ3n) is 2.40. The van der Waals surface area contributed by atoms with Crippen LogP contribution in [0.3, 0.4) is 0 Å². The molecule has 0 aromatic carbocycles. The average molecular weight is 251 g/mol. The van der Waals surface area contributed by atoms with Crippen LogP contribution in [0.2, 0.25) is 0 Å². The first kappa shape index (κ1) is 15.7. The highest BCUT2D eigenvalue weighted by Crippen LogP contribution is 2.28. The van der Waals surface area contributed by atoms with Crippen molar-refractivity contribution in [1.29, 1.82) is 0 Å². The summed E-state index contributed by atoms with van der Waals surface area (Å²) in [6, 6.07) is 0. The minimum Gasteiger partial charge on any atom is -0.381 e. The molecule has 0 spiro atoms. The molecule has 0 radical (unpaired) electrons. The standard InChI is InChI=1S/C11H22N2O2.ClH/c1-2-12-6-7-13-11(14)5-8-15-9-10-3-4-10;/h10,12H,2-9H2,1H3,(H,13,14);1H. The molecule has 0 bridgehead atoms. The Labute approximate surface area is 104 Å². The summed E-state index contributed by atoms with van der Waals surface area (Å²) in [4.78, 5) is 11.2. The van der Waals surface area contributed by atoms with Crippen molar-refractivity contribution in [2.24, 2.45) is 5.92 Å². The van der Waals surface area contributed by atoms with Crippen molar-refractivity contribution in [2.75, 3.05) is 32.8 Å². The highest BCUT2D eigenvalue weighted by atomic mass is 35.5. The van der Waals surface area contributed by atoms with Crippen LogP contribution in [0.5, 0.6) is 0 Å². The molecule has 1 fully saturated rings. The van der Waals surface area contributed by atoms with Crippen LogP contribution in [0.15, 0.2) is 0 Å². The summed E-state index contributed by atoms with van der Waals surface area (Å²) in [6.07, 6.45) is 3.09. The topological polar surface area (TPSA) is 50.4 Å². The van der Waals surface area contributed by atoms with Crippen LogP contribution >= 0.6 is 12.4 Å². The largest absolute Gasteiger partial charge is 0.381 e. The maximum atomic E-state index is 11.2. The molecule has 0 unspecified atom stereocenters. The van der Waals surface area contributed by atoms with Crippen LogP contribution in [0, 0.1) is 5.92 Å². The highest BCUT2D eigenvalue weighted by molar-refractivity contribution is 5.85. The summed E-state index contributed by atoms with van der Waals surface area (Å²) in [7, 11) is 0. The molecule has 16 heavy (non-hydrogen) atoms. The quantitative estimate of drug-likeness (QED) is 0.599. The zero-order valence-electron chi connectivity index (χ0n) is 9.96. The molecular weight excluding hydrogens is 228 g/mol. The average Bonchev–Trinajstić information content (AvgIpc) is 3.03. The van der Waals surface area contributed by atoms with Crippen LogP contribution in [0.1, 0.15) is 26.2 Å². The second-order valence-electron chi connectivity index (χ2n) is 3.97. The Morgan fingerprint density at radius 3 is 2.75 bits per heavy atom. The minimum atomic E-state index is 0. The first-order valence-corrected chi connectivity index (χ1v) is 5.88. The Kier molecular flexibility index (Phi) is 9.68. The van der Waals surface area contributed by atoms with E-state index in [2.05, 4.69) is 10.6 Å². The van der Waals surface area contributed by atoms with Crippen molar-refractivity contribution in [3.8, 4) is 0 Å². The van der Waals surface area contributed by atoms with Gasteiger partial charge in [0, 0.05) is 26.1 Å². The van der Waals surface area contributed by atoms with Crippen molar-refractivity contribution in [3.05, 3.63) is 0 Å². The lowest BCUT2D eigenvalue weighted by molar-refractivity contribution is -0.122. The maximum Gasteiger partial charge on any atom is 0.222 e. The molecule has 1 amide bonds. The van der Waals surface area contributed by atoms with Gasteiger partial charge in [0.05, 0.1) is 6.61 Å². The molecule has 0 aromatic heterocycles. The van der Waals surface area contributed by atoms with Gasteiger partial charge in [-0.15, -0.1) is 12.4 Å². The van der Waals surface area contributed by atoms with E-state index in [9.17, 15) is 4.79 Å². The third-order valence-corrected chi connectivity index (χ3v) is 2.40. The lowest BCUT2D eigenvalue weighted by atomic mass is 10.4. The first-order valence-electron chi connectivity index (χ1n) is 5.88. The summed E-state index contributed by atoms with van der Waals surface area (Å²) in [5.41, 5.74) is 0. The predicted molar refractivity (Wildman–Crippen MR) is 67.0 cm³/mol. The van der Waals surface area contributed by atoms with Crippen LogP contribution < -0.4 is 10.6 Å². The van der Waals surface area contributed by atoms with Gasteiger partial charge in [-0.05, 0) is 25.3 Å². The van der Waals surface area contributed by atoms with E-state index in [1.54, 1.807) is 0 Å². The Balaban J connectivity index is 0.00000225. The van der Waals surface area contributed by atoms with Gasteiger partial charge >= 0.3 is 0 Å². The fraction of sp³-hybridized carbons (Fsp3) is 0.909. The summed E-state index contributed by atoms with van der Waals surface area (Å²) < 4.78 is 5.38. The Bertz CT molecular complexity index is 187. The van der Waals surface area contributed by atoms with Gasteiger partial charge in [0.15, 0.2) is 0 Å². The highest BCUT2D eigenvalue weighted by Gasteiger charge is 2.20. The predicted octanol–water partition coefficient (Wildman–Crippen LogP) is 0.951. The molecule has 1 aliphatic rings. The Morgan fingerprint density at radius 2 is 2.12 bits per heavy atom. The maximum absolute atomic E-state index is 11.2. The molecule has 1 rings (SSSR count). The zero-order chi connectivity index (χ0) is 10.9. The van der Waals surface area contributed by atoms with E-state index in [0.717, 1.165) is 25.6 Å². The molecule has 0 heterocycles. The summed E-state index contributed by atoms with van der Waals surface area (Å²) in [5, 5.41) is 5.99. The van der Waals surface area contributed by atoms with E-state index in [4.69, 9.17) is 4.74 Å². The number of nitrogens with one attached hydrogen (secondary N) is 2. The lowest BCUT2D eigenvalue weighted by Crippen LogP contribution is -2.32. The van der Waals surface area contributed by atoms with Gasteiger partial charge in [-0.1, -0.05) is 6.92 Å². The number of carbonyl (C=O) groups is 1. The van der Waals surface area contributed by atoms with Crippen molar-refractivity contribution in [1.82, 2.24) is 10.6 Å². The van der Waals surface area contributed by atoms with Crippen LogP contribution in [0.4, 0.5) is 0 Å². The number of hydrogen-bond donors (Lipinski definition) is 2. The van der Waals surface area contributed by atoms with Crippen molar-refractivity contribution < 1.29 is 9.53 Å². The number of halogens is 1. The van der Waals surface area contributed by atoms with Crippen LogP contribution in [0.25, 0.3) is 0 Å². The number of amides is 1. The van der Waals surface area contributed by atoms with Gasteiger partial charge in [-0.25, -0.2) is 0 Å². The molecule has 2 N–H and O–H groups in total. The monoisotopic (exact) mass is 250 g/mol. The fourth-order valence-electron chi connectivity index (χ4n) is 1.25. The molecule has 1 saturated carbocycles.